The lowest BCUT2D eigenvalue weighted by Crippen LogP contribution is -2.41. The summed E-state index contributed by atoms with van der Waals surface area (Å²) in [6, 6.07) is 0.0701. The summed E-state index contributed by atoms with van der Waals surface area (Å²) in [6.07, 6.45) is 5.58. The Balaban J connectivity index is 2.00. The van der Waals surface area contributed by atoms with Crippen LogP contribution in [0.2, 0.25) is 5.15 Å². The highest BCUT2D eigenvalue weighted by atomic mass is 35.5. The van der Waals surface area contributed by atoms with Crippen molar-refractivity contribution in [2.45, 2.75) is 51.5 Å². The lowest BCUT2D eigenvalue weighted by atomic mass is 9.95. The number of hydrogen-bond acceptors (Lipinski definition) is 3. The maximum absolute atomic E-state index is 12.3. The van der Waals surface area contributed by atoms with Crippen molar-refractivity contribution in [2.75, 3.05) is 6.61 Å². The number of aliphatic hydroxyl groups is 1. The average molecular weight is 314 g/mol. The van der Waals surface area contributed by atoms with E-state index in [-0.39, 0.29) is 30.9 Å². The van der Waals surface area contributed by atoms with E-state index >= 15 is 0 Å². The Bertz CT molecular complexity index is 501. The molecule has 1 aliphatic carbocycles. The molecule has 0 spiro atoms. The van der Waals surface area contributed by atoms with Crippen molar-refractivity contribution in [1.82, 2.24) is 15.1 Å². The molecule has 0 radical (unpaired) electrons. The minimum Gasteiger partial charge on any atom is -0.396 e. The predicted octanol–water partition coefficient (Wildman–Crippen LogP) is 1.98. The SMILES string of the molecule is Cc1nn(C)c(Cl)c1CC(=O)NC1CCCCCC1CO. The highest BCUT2D eigenvalue weighted by molar-refractivity contribution is 6.30. The molecule has 2 unspecified atom stereocenters. The second-order valence-corrected chi connectivity index (χ2v) is 6.27. The van der Waals surface area contributed by atoms with Gasteiger partial charge in [-0.05, 0) is 19.8 Å². The van der Waals surface area contributed by atoms with Crippen molar-refractivity contribution in [3.8, 4) is 0 Å². The van der Waals surface area contributed by atoms with Gasteiger partial charge in [0.25, 0.3) is 0 Å². The maximum atomic E-state index is 12.3. The van der Waals surface area contributed by atoms with Gasteiger partial charge in [-0.1, -0.05) is 30.9 Å². The zero-order valence-electron chi connectivity index (χ0n) is 12.7. The van der Waals surface area contributed by atoms with Crippen LogP contribution in [0.4, 0.5) is 0 Å². The number of aliphatic hydroxyl groups excluding tert-OH is 1. The number of rotatable bonds is 4. The van der Waals surface area contributed by atoms with Gasteiger partial charge in [0, 0.05) is 31.2 Å². The van der Waals surface area contributed by atoms with Crippen molar-refractivity contribution >= 4 is 17.5 Å². The van der Waals surface area contributed by atoms with E-state index in [1.165, 1.54) is 6.42 Å². The molecule has 6 heteroatoms. The molecule has 0 bridgehead atoms. The fraction of sp³-hybridized carbons (Fsp3) is 0.733. The summed E-state index contributed by atoms with van der Waals surface area (Å²) in [4.78, 5) is 12.3. The van der Waals surface area contributed by atoms with E-state index in [2.05, 4.69) is 10.4 Å². The molecule has 1 aliphatic rings. The molecule has 118 valence electrons. The van der Waals surface area contributed by atoms with Gasteiger partial charge in [-0.25, -0.2) is 0 Å². The molecule has 0 saturated heterocycles. The average Bonchev–Trinajstić information content (AvgIpc) is 2.63. The molecular formula is C15H24ClN3O2. The molecule has 1 fully saturated rings. The lowest BCUT2D eigenvalue weighted by molar-refractivity contribution is -0.121. The summed E-state index contributed by atoms with van der Waals surface area (Å²) in [5.74, 6) is 0.125. The number of amides is 1. The quantitative estimate of drug-likeness (QED) is 0.835. The molecule has 1 heterocycles. The van der Waals surface area contributed by atoms with Gasteiger partial charge in [-0.3, -0.25) is 9.48 Å². The highest BCUT2D eigenvalue weighted by Crippen LogP contribution is 2.24. The molecule has 5 nitrogen and oxygen atoms in total. The Morgan fingerprint density at radius 1 is 1.43 bits per heavy atom. The summed E-state index contributed by atoms with van der Waals surface area (Å²) in [7, 11) is 1.77. The van der Waals surface area contributed by atoms with E-state index in [1.54, 1.807) is 11.7 Å². The van der Waals surface area contributed by atoms with Gasteiger partial charge in [0.05, 0.1) is 12.1 Å². The van der Waals surface area contributed by atoms with Crippen LogP contribution in [-0.2, 0) is 18.3 Å². The van der Waals surface area contributed by atoms with E-state index in [4.69, 9.17) is 11.6 Å². The standard InChI is InChI=1S/C15H24ClN3O2/c1-10-12(15(16)19(2)18-10)8-14(21)17-13-7-5-3-4-6-11(13)9-20/h11,13,20H,3-9H2,1-2H3,(H,17,21). The molecule has 1 aromatic rings. The normalized spacial score (nSPS) is 22.9. The first-order valence-electron chi connectivity index (χ1n) is 7.61. The molecule has 2 atom stereocenters. The van der Waals surface area contributed by atoms with E-state index < -0.39 is 0 Å². The molecule has 0 aromatic carbocycles. The number of aryl methyl sites for hydroxylation is 2. The molecular weight excluding hydrogens is 290 g/mol. The summed E-state index contributed by atoms with van der Waals surface area (Å²) in [6.45, 7) is 1.99. The van der Waals surface area contributed by atoms with Crippen LogP contribution in [0.1, 0.15) is 43.4 Å². The molecule has 1 saturated carbocycles. The summed E-state index contributed by atoms with van der Waals surface area (Å²) in [5, 5.41) is 17.3. The van der Waals surface area contributed by atoms with E-state index in [1.807, 2.05) is 6.92 Å². The summed E-state index contributed by atoms with van der Waals surface area (Å²) in [5.41, 5.74) is 1.57. The zero-order valence-corrected chi connectivity index (χ0v) is 13.5. The number of halogens is 1. The van der Waals surface area contributed by atoms with Crippen LogP contribution in [0.3, 0.4) is 0 Å². The van der Waals surface area contributed by atoms with Crippen LogP contribution < -0.4 is 5.32 Å². The van der Waals surface area contributed by atoms with Crippen molar-refractivity contribution in [3.63, 3.8) is 0 Å². The Morgan fingerprint density at radius 2 is 2.14 bits per heavy atom. The van der Waals surface area contributed by atoms with Gasteiger partial charge in [-0.15, -0.1) is 0 Å². The van der Waals surface area contributed by atoms with Crippen LogP contribution in [0.25, 0.3) is 0 Å². The smallest absolute Gasteiger partial charge is 0.224 e. The highest BCUT2D eigenvalue weighted by Gasteiger charge is 2.25. The number of nitrogens with zero attached hydrogens (tertiary/aromatic N) is 2. The summed E-state index contributed by atoms with van der Waals surface area (Å²) < 4.78 is 1.58. The van der Waals surface area contributed by atoms with E-state index in [0.717, 1.165) is 36.9 Å². The van der Waals surface area contributed by atoms with Crippen molar-refractivity contribution in [2.24, 2.45) is 13.0 Å². The molecule has 21 heavy (non-hydrogen) atoms. The van der Waals surface area contributed by atoms with Gasteiger partial charge in [-0.2, -0.15) is 5.10 Å². The van der Waals surface area contributed by atoms with Crippen molar-refractivity contribution in [1.29, 1.82) is 0 Å². The third kappa shape index (κ3) is 3.98. The molecule has 2 N–H and O–H groups in total. The third-order valence-electron chi connectivity index (χ3n) is 4.35. The van der Waals surface area contributed by atoms with Gasteiger partial charge in [0.15, 0.2) is 0 Å². The predicted molar refractivity (Wildman–Crippen MR) is 82.3 cm³/mol. The topological polar surface area (TPSA) is 67.2 Å². The summed E-state index contributed by atoms with van der Waals surface area (Å²) >= 11 is 6.16. The first kappa shape index (κ1) is 16.3. The van der Waals surface area contributed by atoms with Crippen LogP contribution in [0, 0.1) is 12.8 Å². The van der Waals surface area contributed by atoms with Crippen LogP contribution in [-0.4, -0.2) is 33.4 Å². The van der Waals surface area contributed by atoms with Gasteiger partial charge >= 0.3 is 0 Å². The van der Waals surface area contributed by atoms with E-state index in [9.17, 15) is 9.90 Å². The molecule has 2 rings (SSSR count). The van der Waals surface area contributed by atoms with Crippen molar-refractivity contribution < 1.29 is 9.90 Å². The van der Waals surface area contributed by atoms with Gasteiger partial charge in [0.2, 0.25) is 5.91 Å². The van der Waals surface area contributed by atoms with Crippen LogP contribution in [0.5, 0.6) is 0 Å². The molecule has 1 amide bonds. The number of carbonyl (C=O) groups is 1. The van der Waals surface area contributed by atoms with Crippen LogP contribution >= 0.6 is 11.6 Å². The lowest BCUT2D eigenvalue weighted by Gasteiger charge is -2.24. The maximum Gasteiger partial charge on any atom is 0.224 e. The Kier molecular flexibility index (Phi) is 5.65. The third-order valence-corrected chi connectivity index (χ3v) is 4.82. The number of aromatic nitrogens is 2. The minimum atomic E-state index is -0.0432. The van der Waals surface area contributed by atoms with Crippen LogP contribution in [0.15, 0.2) is 0 Å². The van der Waals surface area contributed by atoms with Gasteiger partial charge in [0.1, 0.15) is 5.15 Å². The number of carbonyl (C=O) groups excluding carboxylic acids is 1. The molecule has 1 aromatic heterocycles. The second-order valence-electron chi connectivity index (χ2n) is 5.91. The van der Waals surface area contributed by atoms with E-state index in [0.29, 0.717) is 5.15 Å². The van der Waals surface area contributed by atoms with Crippen molar-refractivity contribution in [3.05, 3.63) is 16.4 Å². The first-order valence-corrected chi connectivity index (χ1v) is 7.99. The minimum absolute atomic E-state index is 0.0432. The zero-order chi connectivity index (χ0) is 15.4. The second kappa shape index (κ2) is 7.27. The van der Waals surface area contributed by atoms with Gasteiger partial charge < -0.3 is 10.4 Å². The fourth-order valence-corrected chi connectivity index (χ4v) is 3.33. The fourth-order valence-electron chi connectivity index (χ4n) is 3.09. The number of hydrogen-bond donors (Lipinski definition) is 2. The monoisotopic (exact) mass is 313 g/mol. The Morgan fingerprint density at radius 3 is 2.76 bits per heavy atom. The Hall–Kier alpha value is -1.07. The number of nitrogens with one attached hydrogen (secondary N) is 1. The largest absolute Gasteiger partial charge is 0.396 e. The Labute approximate surface area is 130 Å². The first-order chi connectivity index (χ1) is 10.0. The molecule has 0 aliphatic heterocycles.